The molecule has 4 heteroatoms. The molecule has 1 heterocycles. The van der Waals surface area contributed by atoms with Crippen molar-refractivity contribution in [3.05, 3.63) is 17.5 Å². The number of nitrogens with one attached hydrogen (secondary N) is 1. The van der Waals surface area contributed by atoms with E-state index >= 15 is 0 Å². The number of aromatic nitrogens is 2. The SMILES string of the molecule is Cc1cc(C)nc(SC(C)CNC2CCCCC2)n1. The summed E-state index contributed by atoms with van der Waals surface area (Å²) in [6.07, 6.45) is 6.88. The first-order chi connectivity index (χ1) is 9.13. The maximum Gasteiger partial charge on any atom is 0.188 e. The Morgan fingerprint density at radius 1 is 1.21 bits per heavy atom. The molecule has 0 spiro atoms. The summed E-state index contributed by atoms with van der Waals surface area (Å²) in [5.41, 5.74) is 2.12. The van der Waals surface area contributed by atoms with Crippen molar-refractivity contribution in [1.29, 1.82) is 0 Å². The first kappa shape index (κ1) is 14.8. The zero-order chi connectivity index (χ0) is 13.7. The normalized spacial score (nSPS) is 18.5. The summed E-state index contributed by atoms with van der Waals surface area (Å²) in [5.74, 6) is 0. The van der Waals surface area contributed by atoms with Gasteiger partial charge in [-0.05, 0) is 32.8 Å². The molecule has 0 amide bonds. The Balaban J connectivity index is 1.78. The minimum absolute atomic E-state index is 0.517. The van der Waals surface area contributed by atoms with Crippen LogP contribution in [0.15, 0.2) is 11.2 Å². The van der Waals surface area contributed by atoms with Crippen LogP contribution in [0.3, 0.4) is 0 Å². The fourth-order valence-electron chi connectivity index (χ4n) is 2.61. The molecule has 3 nitrogen and oxygen atoms in total. The van der Waals surface area contributed by atoms with Gasteiger partial charge in [0.25, 0.3) is 0 Å². The molecule has 19 heavy (non-hydrogen) atoms. The highest BCUT2D eigenvalue weighted by molar-refractivity contribution is 7.99. The molecule has 1 atom stereocenters. The average molecular weight is 279 g/mol. The minimum Gasteiger partial charge on any atom is -0.313 e. The molecule has 0 aromatic carbocycles. The van der Waals surface area contributed by atoms with Crippen LogP contribution in [0.25, 0.3) is 0 Å². The number of aryl methyl sites for hydroxylation is 2. The van der Waals surface area contributed by atoms with Crippen LogP contribution < -0.4 is 5.32 Å². The molecule has 0 bridgehead atoms. The molecular weight excluding hydrogens is 254 g/mol. The van der Waals surface area contributed by atoms with E-state index in [1.165, 1.54) is 32.1 Å². The fourth-order valence-corrected chi connectivity index (χ4v) is 3.54. The van der Waals surface area contributed by atoms with E-state index in [0.717, 1.165) is 29.1 Å². The van der Waals surface area contributed by atoms with Gasteiger partial charge < -0.3 is 5.32 Å². The Kier molecular flexibility index (Phi) is 5.64. The zero-order valence-corrected chi connectivity index (χ0v) is 13.1. The topological polar surface area (TPSA) is 37.8 Å². The summed E-state index contributed by atoms with van der Waals surface area (Å²) >= 11 is 1.78. The van der Waals surface area contributed by atoms with Gasteiger partial charge in [0.05, 0.1) is 0 Å². The van der Waals surface area contributed by atoms with Gasteiger partial charge >= 0.3 is 0 Å². The summed E-state index contributed by atoms with van der Waals surface area (Å²) in [7, 11) is 0. The van der Waals surface area contributed by atoms with Gasteiger partial charge in [-0.1, -0.05) is 37.9 Å². The van der Waals surface area contributed by atoms with E-state index in [2.05, 4.69) is 22.2 Å². The molecular formula is C15H25N3S. The average Bonchev–Trinajstić information content (AvgIpc) is 2.36. The molecule has 0 saturated heterocycles. The van der Waals surface area contributed by atoms with Crippen LogP contribution >= 0.6 is 11.8 Å². The van der Waals surface area contributed by atoms with E-state index in [-0.39, 0.29) is 0 Å². The van der Waals surface area contributed by atoms with Crippen LogP contribution in [0.1, 0.15) is 50.4 Å². The van der Waals surface area contributed by atoms with Crippen LogP contribution in [0.4, 0.5) is 0 Å². The Bertz CT molecular complexity index is 382. The molecule has 1 aliphatic carbocycles. The number of hydrogen-bond acceptors (Lipinski definition) is 4. The van der Waals surface area contributed by atoms with Crippen molar-refractivity contribution in [3.63, 3.8) is 0 Å². The molecule has 1 saturated carbocycles. The molecule has 1 fully saturated rings. The van der Waals surface area contributed by atoms with Crippen LogP contribution in [0, 0.1) is 13.8 Å². The largest absolute Gasteiger partial charge is 0.313 e. The van der Waals surface area contributed by atoms with Gasteiger partial charge in [0.2, 0.25) is 0 Å². The molecule has 1 unspecified atom stereocenters. The summed E-state index contributed by atoms with van der Waals surface area (Å²) < 4.78 is 0. The Morgan fingerprint density at radius 3 is 2.47 bits per heavy atom. The third-order valence-electron chi connectivity index (χ3n) is 3.57. The second-order valence-corrected chi connectivity index (χ2v) is 7.01. The third-order valence-corrected chi connectivity index (χ3v) is 4.53. The summed E-state index contributed by atoms with van der Waals surface area (Å²) in [4.78, 5) is 8.99. The highest BCUT2D eigenvalue weighted by Crippen LogP contribution is 2.21. The quantitative estimate of drug-likeness (QED) is 0.661. The van der Waals surface area contributed by atoms with Crippen molar-refractivity contribution >= 4 is 11.8 Å². The highest BCUT2D eigenvalue weighted by Gasteiger charge is 2.14. The minimum atomic E-state index is 0.517. The molecule has 1 aliphatic rings. The lowest BCUT2D eigenvalue weighted by molar-refractivity contribution is 0.375. The predicted molar refractivity (Wildman–Crippen MR) is 81.7 cm³/mol. The van der Waals surface area contributed by atoms with Crippen molar-refractivity contribution in [2.24, 2.45) is 0 Å². The van der Waals surface area contributed by atoms with Crippen LogP contribution in [0.5, 0.6) is 0 Å². The van der Waals surface area contributed by atoms with E-state index in [1.54, 1.807) is 11.8 Å². The second-order valence-electron chi connectivity index (χ2n) is 5.60. The van der Waals surface area contributed by atoms with Crippen molar-refractivity contribution in [1.82, 2.24) is 15.3 Å². The van der Waals surface area contributed by atoms with Gasteiger partial charge in [0.1, 0.15) is 0 Å². The standard InChI is InChI=1S/C15H25N3S/c1-11-9-12(2)18-15(17-11)19-13(3)10-16-14-7-5-4-6-8-14/h9,13-14,16H,4-8,10H2,1-3H3. The van der Waals surface area contributed by atoms with Gasteiger partial charge in [-0.15, -0.1) is 0 Å². The molecule has 0 aliphatic heterocycles. The lowest BCUT2D eigenvalue weighted by Crippen LogP contribution is -2.35. The van der Waals surface area contributed by atoms with Gasteiger partial charge in [0, 0.05) is 29.2 Å². The fraction of sp³-hybridized carbons (Fsp3) is 0.733. The van der Waals surface area contributed by atoms with Gasteiger partial charge in [-0.3, -0.25) is 0 Å². The van der Waals surface area contributed by atoms with Crippen LogP contribution in [0.2, 0.25) is 0 Å². The van der Waals surface area contributed by atoms with Crippen molar-refractivity contribution in [2.45, 2.75) is 69.3 Å². The molecule has 1 N–H and O–H groups in total. The first-order valence-electron chi connectivity index (χ1n) is 7.36. The summed E-state index contributed by atoms with van der Waals surface area (Å²) in [5, 5.41) is 5.12. The Labute approximate surface area is 121 Å². The number of hydrogen-bond donors (Lipinski definition) is 1. The third kappa shape index (κ3) is 5.11. The number of nitrogens with zero attached hydrogens (tertiary/aromatic N) is 2. The zero-order valence-electron chi connectivity index (χ0n) is 12.3. The van der Waals surface area contributed by atoms with E-state index in [9.17, 15) is 0 Å². The van der Waals surface area contributed by atoms with Gasteiger partial charge in [0.15, 0.2) is 5.16 Å². The maximum atomic E-state index is 4.49. The molecule has 106 valence electrons. The van der Waals surface area contributed by atoms with Gasteiger partial charge in [-0.25, -0.2) is 9.97 Å². The molecule has 1 aromatic heterocycles. The second kappa shape index (κ2) is 7.25. The van der Waals surface area contributed by atoms with Crippen molar-refractivity contribution in [3.8, 4) is 0 Å². The first-order valence-corrected chi connectivity index (χ1v) is 8.24. The van der Waals surface area contributed by atoms with Gasteiger partial charge in [-0.2, -0.15) is 0 Å². The predicted octanol–water partition coefficient (Wildman–Crippen LogP) is 3.50. The van der Waals surface area contributed by atoms with E-state index in [0.29, 0.717) is 5.25 Å². The lowest BCUT2D eigenvalue weighted by atomic mass is 9.95. The highest BCUT2D eigenvalue weighted by atomic mass is 32.2. The summed E-state index contributed by atoms with van der Waals surface area (Å²) in [6, 6.07) is 2.76. The van der Waals surface area contributed by atoms with E-state index in [1.807, 2.05) is 19.9 Å². The summed E-state index contributed by atoms with van der Waals surface area (Å²) in [6.45, 7) is 7.36. The van der Waals surface area contributed by atoms with E-state index < -0.39 is 0 Å². The molecule has 1 aromatic rings. The van der Waals surface area contributed by atoms with Crippen molar-refractivity contribution in [2.75, 3.05) is 6.54 Å². The smallest absolute Gasteiger partial charge is 0.188 e. The number of rotatable bonds is 5. The molecule has 0 radical (unpaired) electrons. The van der Waals surface area contributed by atoms with Crippen LogP contribution in [-0.4, -0.2) is 27.8 Å². The Morgan fingerprint density at radius 2 is 1.84 bits per heavy atom. The van der Waals surface area contributed by atoms with E-state index in [4.69, 9.17) is 0 Å². The lowest BCUT2D eigenvalue weighted by Gasteiger charge is -2.24. The molecule has 2 rings (SSSR count). The van der Waals surface area contributed by atoms with Crippen LogP contribution in [-0.2, 0) is 0 Å². The monoisotopic (exact) mass is 279 g/mol. The maximum absolute atomic E-state index is 4.49. The Hall–Kier alpha value is -0.610. The number of thioether (sulfide) groups is 1. The van der Waals surface area contributed by atoms with Crippen molar-refractivity contribution < 1.29 is 0 Å².